The highest BCUT2D eigenvalue weighted by atomic mass is 19.3. The number of hydrogen-bond acceptors (Lipinski definition) is 3. The molecule has 43 heavy (non-hydrogen) atoms. The smallest absolute Gasteiger partial charge is 0.426 e. The van der Waals surface area contributed by atoms with E-state index in [1.165, 1.54) is 66.7 Å². The zero-order valence-electron chi connectivity index (χ0n) is 22.1. The first kappa shape index (κ1) is 29.4. The topological polar surface area (TPSA) is 35.5 Å². The maximum Gasteiger partial charge on any atom is 0.426 e. The van der Waals surface area contributed by atoms with Crippen molar-refractivity contribution < 1.29 is 45.0 Å². The molecule has 0 aliphatic heterocycles. The molecule has 0 unspecified atom stereocenters. The highest BCUT2D eigenvalue weighted by Gasteiger charge is 2.34. The van der Waals surface area contributed by atoms with E-state index in [2.05, 4.69) is 0 Å². The first-order valence-electron chi connectivity index (χ1n) is 12.6. The molecule has 0 aliphatic carbocycles. The second kappa shape index (κ2) is 11.6. The van der Waals surface area contributed by atoms with Crippen molar-refractivity contribution in [3.05, 3.63) is 143 Å². The van der Waals surface area contributed by atoms with Crippen LogP contribution in [0, 0.1) is 36.0 Å². The SMILES string of the molecule is Cc1ccc(C(F)(F)Oc2ccc(-c3ccc(-c4ccc(C(=O)Oc5cc(F)c(F)c(F)c5)cc4)c(F)c3)c(F)c2)cc1. The second-order valence-electron chi connectivity index (χ2n) is 9.49. The number of alkyl halides is 2. The molecule has 0 spiro atoms. The van der Waals surface area contributed by atoms with Crippen molar-refractivity contribution in [3.63, 3.8) is 0 Å². The first-order chi connectivity index (χ1) is 20.4. The number of halogens is 7. The fraction of sp³-hybridized carbons (Fsp3) is 0.0606. The molecule has 0 saturated carbocycles. The normalized spacial score (nSPS) is 11.3. The monoisotopic (exact) mass is 596 g/mol. The third-order valence-electron chi connectivity index (χ3n) is 6.45. The van der Waals surface area contributed by atoms with Gasteiger partial charge in [-0.15, -0.1) is 0 Å². The van der Waals surface area contributed by atoms with E-state index < -0.39 is 58.2 Å². The minimum absolute atomic E-state index is 0.0387. The Morgan fingerprint density at radius 3 is 1.74 bits per heavy atom. The summed E-state index contributed by atoms with van der Waals surface area (Å²) in [6.07, 6.45) is -3.71. The highest BCUT2D eigenvalue weighted by Crippen LogP contribution is 2.35. The van der Waals surface area contributed by atoms with E-state index in [0.29, 0.717) is 17.7 Å². The Morgan fingerprint density at radius 1 is 0.605 bits per heavy atom. The van der Waals surface area contributed by atoms with Gasteiger partial charge in [-0.3, -0.25) is 0 Å². The van der Waals surface area contributed by atoms with Crippen molar-refractivity contribution in [2.75, 3.05) is 0 Å². The fourth-order valence-corrected chi connectivity index (χ4v) is 4.21. The number of rotatable bonds is 7. The van der Waals surface area contributed by atoms with Gasteiger partial charge in [0.15, 0.2) is 17.5 Å². The molecule has 0 bridgehead atoms. The molecule has 0 atom stereocenters. The lowest BCUT2D eigenvalue weighted by molar-refractivity contribution is -0.185. The van der Waals surface area contributed by atoms with Crippen molar-refractivity contribution in [1.82, 2.24) is 0 Å². The number of carbonyl (C=O) groups is 1. The highest BCUT2D eigenvalue weighted by molar-refractivity contribution is 5.91. The third kappa shape index (κ3) is 6.38. The standard InChI is InChI=1S/C33H19F7O3/c1-18-2-9-22(10-3-18)33(39,40)43-23-11-13-26(28(35)15-23)21-8-12-25(27(34)14-21)19-4-6-20(7-5-19)32(41)42-24-16-29(36)31(38)30(37)17-24/h2-17H,1H3. The Labute approximate surface area is 240 Å². The molecule has 5 aromatic carbocycles. The van der Waals surface area contributed by atoms with Crippen LogP contribution in [0.15, 0.2) is 97.1 Å². The van der Waals surface area contributed by atoms with Crippen LogP contribution in [0.1, 0.15) is 21.5 Å². The lowest BCUT2D eigenvalue weighted by Crippen LogP contribution is -2.21. The number of hydrogen-bond donors (Lipinski definition) is 0. The molecule has 0 saturated heterocycles. The number of benzene rings is 5. The van der Waals surface area contributed by atoms with E-state index in [4.69, 9.17) is 9.47 Å². The molecule has 10 heteroatoms. The summed E-state index contributed by atoms with van der Waals surface area (Å²) in [5.41, 5.74) is 0.863. The summed E-state index contributed by atoms with van der Waals surface area (Å²) < 4.78 is 109. The summed E-state index contributed by atoms with van der Waals surface area (Å²) >= 11 is 0. The number of ether oxygens (including phenoxy) is 2. The number of carbonyl (C=O) groups excluding carboxylic acids is 1. The minimum Gasteiger partial charge on any atom is -0.429 e. The predicted molar refractivity (Wildman–Crippen MR) is 144 cm³/mol. The van der Waals surface area contributed by atoms with Gasteiger partial charge >= 0.3 is 12.1 Å². The van der Waals surface area contributed by atoms with Gasteiger partial charge in [-0.1, -0.05) is 42.0 Å². The predicted octanol–water partition coefficient (Wildman–Crippen LogP) is 9.37. The van der Waals surface area contributed by atoms with Crippen LogP contribution in [0.2, 0.25) is 0 Å². The number of esters is 1. The van der Waals surface area contributed by atoms with Crippen LogP contribution in [0.5, 0.6) is 11.5 Å². The fourth-order valence-electron chi connectivity index (χ4n) is 4.21. The Kier molecular flexibility index (Phi) is 7.95. The van der Waals surface area contributed by atoms with Crippen LogP contribution < -0.4 is 9.47 Å². The van der Waals surface area contributed by atoms with E-state index in [1.807, 2.05) is 0 Å². The van der Waals surface area contributed by atoms with Gasteiger partial charge in [0.1, 0.15) is 23.1 Å². The lowest BCUT2D eigenvalue weighted by Gasteiger charge is -2.19. The molecular weight excluding hydrogens is 577 g/mol. The van der Waals surface area contributed by atoms with Crippen molar-refractivity contribution in [2.45, 2.75) is 13.0 Å². The minimum atomic E-state index is -3.71. The molecular formula is C33H19F7O3. The van der Waals surface area contributed by atoms with Crippen LogP contribution in [0.4, 0.5) is 30.7 Å². The zero-order valence-corrected chi connectivity index (χ0v) is 22.1. The van der Waals surface area contributed by atoms with E-state index in [0.717, 1.165) is 23.8 Å². The van der Waals surface area contributed by atoms with Crippen LogP contribution in [-0.2, 0) is 6.11 Å². The summed E-state index contributed by atoms with van der Waals surface area (Å²) in [4.78, 5) is 12.3. The average Bonchev–Trinajstić information content (AvgIpc) is 2.96. The van der Waals surface area contributed by atoms with Crippen LogP contribution >= 0.6 is 0 Å². The molecule has 0 N–H and O–H groups in total. The van der Waals surface area contributed by atoms with Crippen LogP contribution in [0.25, 0.3) is 22.3 Å². The van der Waals surface area contributed by atoms with E-state index in [1.54, 1.807) is 6.92 Å². The molecule has 0 fully saturated rings. The summed E-state index contributed by atoms with van der Waals surface area (Å²) in [7, 11) is 0. The second-order valence-corrected chi connectivity index (χ2v) is 9.49. The van der Waals surface area contributed by atoms with Gasteiger partial charge in [0.2, 0.25) is 0 Å². The summed E-state index contributed by atoms with van der Waals surface area (Å²) in [5.74, 6) is -8.36. The van der Waals surface area contributed by atoms with Gasteiger partial charge in [-0.2, -0.15) is 8.78 Å². The van der Waals surface area contributed by atoms with Gasteiger partial charge < -0.3 is 9.47 Å². The molecule has 0 amide bonds. The summed E-state index contributed by atoms with van der Waals surface area (Å²) in [6.45, 7) is 1.75. The molecule has 0 aliphatic rings. The van der Waals surface area contributed by atoms with Crippen molar-refractivity contribution in [2.24, 2.45) is 0 Å². The van der Waals surface area contributed by atoms with Crippen LogP contribution in [-0.4, -0.2) is 5.97 Å². The number of aryl methyl sites for hydroxylation is 1. The zero-order chi connectivity index (χ0) is 30.9. The lowest BCUT2D eigenvalue weighted by atomic mass is 9.98. The van der Waals surface area contributed by atoms with E-state index in [9.17, 15) is 31.1 Å². The largest absolute Gasteiger partial charge is 0.429 e. The third-order valence-corrected chi connectivity index (χ3v) is 6.45. The Morgan fingerprint density at radius 2 is 1.14 bits per heavy atom. The van der Waals surface area contributed by atoms with Gasteiger partial charge in [0.25, 0.3) is 0 Å². The molecule has 5 rings (SSSR count). The summed E-state index contributed by atoms with van der Waals surface area (Å²) in [6, 6.07) is 18.8. The summed E-state index contributed by atoms with van der Waals surface area (Å²) in [5, 5.41) is 0. The van der Waals surface area contributed by atoms with E-state index >= 15 is 4.39 Å². The van der Waals surface area contributed by atoms with Crippen molar-refractivity contribution in [3.8, 4) is 33.8 Å². The maximum atomic E-state index is 15.1. The Hall–Kier alpha value is -5.12. The van der Waals surface area contributed by atoms with Gasteiger partial charge in [-0.25, -0.2) is 26.7 Å². The van der Waals surface area contributed by atoms with E-state index in [-0.39, 0.29) is 22.3 Å². The molecule has 0 radical (unpaired) electrons. The Bertz CT molecular complexity index is 1800. The maximum absolute atomic E-state index is 15.1. The molecule has 3 nitrogen and oxygen atoms in total. The first-order valence-corrected chi connectivity index (χ1v) is 12.6. The average molecular weight is 596 g/mol. The molecule has 0 aromatic heterocycles. The van der Waals surface area contributed by atoms with Crippen molar-refractivity contribution >= 4 is 5.97 Å². The van der Waals surface area contributed by atoms with Gasteiger partial charge in [-0.05, 0) is 60.5 Å². The Balaban J connectivity index is 1.30. The van der Waals surface area contributed by atoms with Gasteiger partial charge in [0.05, 0.1) is 11.1 Å². The molecule has 5 aromatic rings. The van der Waals surface area contributed by atoms with Gasteiger partial charge in [0, 0.05) is 29.3 Å². The quantitative estimate of drug-likeness (QED) is 0.0813. The van der Waals surface area contributed by atoms with Crippen LogP contribution in [0.3, 0.4) is 0 Å². The molecule has 0 heterocycles. The molecule has 218 valence electrons. The van der Waals surface area contributed by atoms with Crippen molar-refractivity contribution in [1.29, 1.82) is 0 Å².